The summed E-state index contributed by atoms with van der Waals surface area (Å²) in [5.41, 5.74) is 2.76. The van der Waals surface area contributed by atoms with Gasteiger partial charge in [-0.1, -0.05) is 23.7 Å². The molecule has 0 aromatic heterocycles. The van der Waals surface area contributed by atoms with Crippen molar-refractivity contribution in [3.63, 3.8) is 0 Å². The maximum atomic E-state index is 12.8. The van der Waals surface area contributed by atoms with E-state index in [1.807, 2.05) is 29.2 Å². The van der Waals surface area contributed by atoms with E-state index in [1.165, 1.54) is 0 Å². The monoisotopic (exact) mass is 536 g/mol. The summed E-state index contributed by atoms with van der Waals surface area (Å²) < 4.78 is 11.1. The fourth-order valence-corrected chi connectivity index (χ4v) is 4.62. The second-order valence-electron chi connectivity index (χ2n) is 8.57. The van der Waals surface area contributed by atoms with Crippen LogP contribution in [0.4, 0.5) is 11.4 Å². The smallest absolute Gasteiger partial charge is 0.257 e. The fraction of sp³-hybridized carbons (Fsp3) is 0.222. The fourth-order valence-electron chi connectivity index (χ4n) is 4.29. The molecule has 2 aliphatic rings. The third-order valence-corrected chi connectivity index (χ3v) is 6.64. The zero-order valence-electron chi connectivity index (χ0n) is 19.9. The molecular formula is C27H25ClN4O4S. The first-order valence-corrected chi connectivity index (χ1v) is 12.7. The number of halogens is 1. The molecule has 1 fully saturated rings. The van der Waals surface area contributed by atoms with E-state index >= 15 is 0 Å². The number of para-hydroxylation sites is 2. The van der Waals surface area contributed by atoms with Crippen molar-refractivity contribution in [2.24, 2.45) is 0 Å². The molecule has 37 heavy (non-hydrogen) atoms. The second-order valence-corrected chi connectivity index (χ2v) is 9.41. The first kappa shape index (κ1) is 24.9. The first-order valence-electron chi connectivity index (χ1n) is 11.9. The van der Waals surface area contributed by atoms with Crippen molar-refractivity contribution in [2.75, 3.05) is 49.6 Å². The quantitative estimate of drug-likeness (QED) is 0.484. The van der Waals surface area contributed by atoms with E-state index in [-0.39, 0.29) is 16.9 Å². The van der Waals surface area contributed by atoms with Gasteiger partial charge in [-0.15, -0.1) is 0 Å². The van der Waals surface area contributed by atoms with E-state index in [9.17, 15) is 9.59 Å². The van der Waals surface area contributed by atoms with Crippen LogP contribution in [0.3, 0.4) is 0 Å². The van der Waals surface area contributed by atoms with Crippen molar-refractivity contribution >= 4 is 52.1 Å². The molecular weight excluding hydrogens is 512 g/mol. The summed E-state index contributed by atoms with van der Waals surface area (Å²) in [5.74, 6) is 0.802. The lowest BCUT2D eigenvalue weighted by Gasteiger charge is -2.37. The number of hydrogen-bond donors (Lipinski definition) is 2. The molecule has 0 atom stereocenters. The van der Waals surface area contributed by atoms with E-state index in [1.54, 1.807) is 42.5 Å². The van der Waals surface area contributed by atoms with Crippen LogP contribution in [0.1, 0.15) is 20.7 Å². The lowest BCUT2D eigenvalue weighted by atomic mass is 10.1. The van der Waals surface area contributed by atoms with Gasteiger partial charge in [-0.25, -0.2) is 0 Å². The number of anilines is 2. The van der Waals surface area contributed by atoms with E-state index in [0.29, 0.717) is 67.0 Å². The van der Waals surface area contributed by atoms with Gasteiger partial charge in [0.1, 0.15) is 13.2 Å². The summed E-state index contributed by atoms with van der Waals surface area (Å²) in [6.45, 7) is 3.42. The van der Waals surface area contributed by atoms with Gasteiger partial charge in [0, 0.05) is 42.3 Å². The third kappa shape index (κ3) is 5.79. The summed E-state index contributed by atoms with van der Waals surface area (Å²) in [6, 6.07) is 19.7. The summed E-state index contributed by atoms with van der Waals surface area (Å²) in [7, 11) is 0. The molecule has 2 aliphatic heterocycles. The lowest BCUT2D eigenvalue weighted by molar-refractivity contribution is 0.0746. The van der Waals surface area contributed by atoms with Crippen molar-refractivity contribution in [1.82, 2.24) is 10.2 Å². The lowest BCUT2D eigenvalue weighted by Crippen LogP contribution is -2.49. The minimum atomic E-state index is -0.346. The number of fused-ring (bicyclic) bond motifs is 1. The minimum absolute atomic E-state index is 0.00856. The molecule has 5 rings (SSSR count). The number of nitrogens with zero attached hydrogens (tertiary/aromatic N) is 2. The molecule has 0 unspecified atom stereocenters. The van der Waals surface area contributed by atoms with Gasteiger partial charge in [0.15, 0.2) is 16.6 Å². The molecule has 0 saturated carbocycles. The van der Waals surface area contributed by atoms with Crippen molar-refractivity contribution in [2.45, 2.75) is 0 Å². The zero-order valence-corrected chi connectivity index (χ0v) is 21.5. The Bertz CT molecular complexity index is 1330. The number of carbonyl (C=O) groups is 2. The average molecular weight is 537 g/mol. The maximum Gasteiger partial charge on any atom is 0.257 e. The molecule has 0 bridgehead atoms. The molecule has 190 valence electrons. The number of ether oxygens (including phenoxy) is 2. The summed E-state index contributed by atoms with van der Waals surface area (Å²) in [6.07, 6.45) is 0. The van der Waals surface area contributed by atoms with Gasteiger partial charge >= 0.3 is 0 Å². The van der Waals surface area contributed by atoms with Crippen LogP contribution in [0.25, 0.3) is 0 Å². The average Bonchev–Trinajstić information content (AvgIpc) is 2.93. The number of thiocarbonyl (C=S) groups is 1. The van der Waals surface area contributed by atoms with Crippen molar-refractivity contribution < 1.29 is 19.1 Å². The highest BCUT2D eigenvalue weighted by atomic mass is 35.5. The Labute approximate surface area is 225 Å². The van der Waals surface area contributed by atoms with Crippen molar-refractivity contribution in [3.05, 3.63) is 82.9 Å². The number of nitrogens with one attached hydrogen (secondary N) is 2. The molecule has 0 radical (unpaired) electrons. The Morgan fingerprint density at radius 1 is 0.838 bits per heavy atom. The van der Waals surface area contributed by atoms with Crippen LogP contribution in [0.5, 0.6) is 11.5 Å². The summed E-state index contributed by atoms with van der Waals surface area (Å²) in [4.78, 5) is 29.6. The number of amides is 2. The molecule has 10 heteroatoms. The number of carbonyl (C=O) groups excluding carboxylic acids is 2. The van der Waals surface area contributed by atoms with Gasteiger partial charge in [-0.2, -0.15) is 0 Å². The van der Waals surface area contributed by atoms with Gasteiger partial charge in [-0.3, -0.25) is 14.9 Å². The van der Waals surface area contributed by atoms with Gasteiger partial charge < -0.3 is 24.6 Å². The highest BCUT2D eigenvalue weighted by Crippen LogP contribution is 2.31. The van der Waals surface area contributed by atoms with Crippen LogP contribution in [0.2, 0.25) is 5.02 Å². The highest BCUT2D eigenvalue weighted by molar-refractivity contribution is 7.80. The SMILES string of the molecule is O=C(NC(=S)Nc1ccccc1N1CCN(C(=O)c2ccc(Cl)cc2)CC1)c1ccc2c(c1)OCCO2. The normalized spacial score (nSPS) is 14.6. The molecule has 1 saturated heterocycles. The molecule has 3 aromatic carbocycles. The Morgan fingerprint density at radius 2 is 1.51 bits per heavy atom. The molecule has 2 heterocycles. The Kier molecular flexibility index (Phi) is 7.43. The first-order chi connectivity index (χ1) is 18.0. The van der Waals surface area contributed by atoms with Gasteiger partial charge in [-0.05, 0) is 66.8 Å². The van der Waals surface area contributed by atoms with E-state index < -0.39 is 0 Å². The summed E-state index contributed by atoms with van der Waals surface area (Å²) >= 11 is 11.4. The number of rotatable bonds is 4. The Morgan fingerprint density at radius 3 is 2.27 bits per heavy atom. The van der Waals surface area contributed by atoms with E-state index in [4.69, 9.17) is 33.3 Å². The van der Waals surface area contributed by atoms with Gasteiger partial charge in [0.25, 0.3) is 11.8 Å². The molecule has 2 amide bonds. The van der Waals surface area contributed by atoms with Crippen LogP contribution >= 0.6 is 23.8 Å². The topological polar surface area (TPSA) is 83.1 Å². The third-order valence-electron chi connectivity index (χ3n) is 6.18. The van der Waals surface area contributed by atoms with Crippen LogP contribution in [0.15, 0.2) is 66.7 Å². The number of hydrogen-bond acceptors (Lipinski definition) is 6. The van der Waals surface area contributed by atoms with Crippen molar-refractivity contribution in [1.29, 1.82) is 0 Å². The van der Waals surface area contributed by atoms with E-state index in [0.717, 1.165) is 11.4 Å². The van der Waals surface area contributed by atoms with Crippen LogP contribution in [-0.2, 0) is 0 Å². The summed E-state index contributed by atoms with van der Waals surface area (Å²) in [5, 5.41) is 6.66. The highest BCUT2D eigenvalue weighted by Gasteiger charge is 2.24. The van der Waals surface area contributed by atoms with Crippen LogP contribution < -0.4 is 25.0 Å². The number of benzene rings is 3. The standard InChI is InChI=1S/C27H25ClN4O4S/c28-20-8-5-18(6-9-20)26(34)32-13-11-31(12-14-32)22-4-2-1-3-21(22)29-27(37)30-25(33)19-7-10-23-24(17-19)36-16-15-35-23/h1-10,17H,11-16H2,(H2,29,30,33,37). The molecule has 0 spiro atoms. The molecule has 8 nitrogen and oxygen atoms in total. The van der Waals surface area contributed by atoms with Crippen LogP contribution in [0, 0.1) is 0 Å². The predicted octanol–water partition coefficient (Wildman–Crippen LogP) is 4.20. The largest absolute Gasteiger partial charge is 0.486 e. The van der Waals surface area contributed by atoms with Gasteiger partial charge in [0.2, 0.25) is 0 Å². The second kappa shape index (κ2) is 11.1. The predicted molar refractivity (Wildman–Crippen MR) is 147 cm³/mol. The van der Waals surface area contributed by atoms with E-state index in [2.05, 4.69) is 15.5 Å². The molecule has 2 N–H and O–H groups in total. The zero-order chi connectivity index (χ0) is 25.8. The van der Waals surface area contributed by atoms with Crippen LogP contribution in [-0.4, -0.2) is 61.2 Å². The maximum absolute atomic E-state index is 12.8. The van der Waals surface area contributed by atoms with Gasteiger partial charge in [0.05, 0.1) is 11.4 Å². The van der Waals surface area contributed by atoms with Crippen molar-refractivity contribution in [3.8, 4) is 11.5 Å². The molecule has 3 aromatic rings. The minimum Gasteiger partial charge on any atom is -0.486 e. The Balaban J connectivity index is 1.20. The molecule has 0 aliphatic carbocycles. The Hall–Kier alpha value is -3.82. The number of piperazine rings is 1.